The molecule has 0 aliphatic rings. The quantitative estimate of drug-likeness (QED) is 0.523. The van der Waals surface area contributed by atoms with Crippen molar-refractivity contribution in [3.8, 4) is 5.75 Å². The Labute approximate surface area is 159 Å². The Morgan fingerprint density at radius 3 is 2.07 bits per heavy atom. The second-order valence-electron chi connectivity index (χ2n) is 6.01. The smallest absolute Gasteiger partial charge is 0.466 e. The first kappa shape index (κ1) is 23.0. The first-order chi connectivity index (χ1) is 12.7. The summed E-state index contributed by atoms with van der Waals surface area (Å²) in [4.78, 5) is 30.6. The van der Waals surface area contributed by atoms with E-state index in [-0.39, 0.29) is 6.04 Å². The normalized spacial score (nSPS) is 12.0. The van der Waals surface area contributed by atoms with E-state index >= 15 is 0 Å². The predicted octanol–water partition coefficient (Wildman–Crippen LogP) is 3.52. The zero-order valence-corrected chi connectivity index (χ0v) is 17.0. The van der Waals surface area contributed by atoms with Gasteiger partial charge in [0.15, 0.2) is 5.75 Å². The van der Waals surface area contributed by atoms with E-state index in [1.54, 1.807) is 7.11 Å². The molecule has 0 aliphatic carbocycles. The Bertz CT molecular complexity index is 721. The SMILES string of the molecule is CCCCC(Nc1nc(C)c(OC)c(C)n1)c1ccccc1.O=P(O)(O)O. The third-order valence-corrected chi connectivity index (χ3v) is 3.76. The van der Waals surface area contributed by atoms with Crippen LogP contribution in [0.2, 0.25) is 0 Å². The van der Waals surface area contributed by atoms with Gasteiger partial charge in [0.05, 0.1) is 24.5 Å². The van der Waals surface area contributed by atoms with E-state index in [2.05, 4.69) is 46.5 Å². The number of benzene rings is 1. The largest absolute Gasteiger partial charge is 0.493 e. The van der Waals surface area contributed by atoms with E-state index in [4.69, 9.17) is 24.0 Å². The van der Waals surface area contributed by atoms with Crippen LogP contribution in [0.3, 0.4) is 0 Å². The molecule has 0 saturated heterocycles. The molecule has 1 unspecified atom stereocenters. The summed E-state index contributed by atoms with van der Waals surface area (Å²) >= 11 is 0. The zero-order chi connectivity index (χ0) is 20.4. The number of nitrogens with one attached hydrogen (secondary N) is 1. The third-order valence-electron chi connectivity index (χ3n) is 3.76. The molecule has 0 aliphatic heterocycles. The van der Waals surface area contributed by atoms with Crippen molar-refractivity contribution in [2.75, 3.05) is 12.4 Å². The molecule has 0 bridgehead atoms. The van der Waals surface area contributed by atoms with Gasteiger partial charge < -0.3 is 24.7 Å². The Morgan fingerprint density at radius 1 is 1.11 bits per heavy atom. The van der Waals surface area contributed by atoms with Gasteiger partial charge in [0.1, 0.15) is 0 Å². The molecule has 4 N–H and O–H groups in total. The highest BCUT2D eigenvalue weighted by Crippen LogP contribution is 2.26. The molecule has 0 radical (unpaired) electrons. The van der Waals surface area contributed by atoms with Gasteiger partial charge in [0.2, 0.25) is 5.95 Å². The fraction of sp³-hybridized carbons (Fsp3) is 0.444. The number of rotatable bonds is 7. The molecule has 1 atom stereocenters. The number of unbranched alkanes of at least 4 members (excludes halogenated alkanes) is 1. The summed E-state index contributed by atoms with van der Waals surface area (Å²) in [6, 6.07) is 10.7. The van der Waals surface area contributed by atoms with E-state index in [1.165, 1.54) is 18.4 Å². The average Bonchev–Trinajstić information content (AvgIpc) is 2.57. The monoisotopic (exact) mass is 397 g/mol. The van der Waals surface area contributed by atoms with E-state index < -0.39 is 7.82 Å². The first-order valence-electron chi connectivity index (χ1n) is 8.64. The molecule has 2 rings (SSSR count). The van der Waals surface area contributed by atoms with E-state index in [1.807, 2.05) is 19.9 Å². The summed E-state index contributed by atoms with van der Waals surface area (Å²) in [5.41, 5.74) is 2.99. The third kappa shape index (κ3) is 8.97. The van der Waals surface area contributed by atoms with Crippen LogP contribution in [0.5, 0.6) is 5.75 Å². The van der Waals surface area contributed by atoms with E-state index in [0.29, 0.717) is 5.95 Å². The van der Waals surface area contributed by atoms with Crippen LogP contribution in [0.1, 0.15) is 49.2 Å². The summed E-state index contributed by atoms with van der Waals surface area (Å²) < 4.78 is 14.2. The van der Waals surface area contributed by atoms with Crippen molar-refractivity contribution in [3.63, 3.8) is 0 Å². The van der Waals surface area contributed by atoms with Crippen LogP contribution in [0.15, 0.2) is 30.3 Å². The minimum absolute atomic E-state index is 0.230. The van der Waals surface area contributed by atoms with Gasteiger partial charge in [-0.05, 0) is 25.8 Å². The van der Waals surface area contributed by atoms with Gasteiger partial charge in [-0.2, -0.15) is 0 Å². The number of aromatic nitrogens is 2. The number of nitrogens with zero attached hydrogens (tertiary/aromatic N) is 2. The Kier molecular flexibility index (Phi) is 9.38. The summed E-state index contributed by atoms with van der Waals surface area (Å²) in [6.07, 6.45) is 3.40. The standard InChI is InChI=1S/C18H25N3O.H3O4P/c1-5-6-12-16(15-10-8-7-9-11-15)21-18-19-13(2)17(22-4)14(3)20-18;1-5(2,3)4/h7-11,16H,5-6,12H2,1-4H3,(H,19,20,21);(H3,1,2,3,4). The second kappa shape index (κ2) is 11.0. The molecule has 1 aromatic carbocycles. The van der Waals surface area contributed by atoms with Crippen molar-refractivity contribution in [1.29, 1.82) is 0 Å². The highest BCUT2D eigenvalue weighted by molar-refractivity contribution is 7.45. The minimum Gasteiger partial charge on any atom is -0.493 e. The summed E-state index contributed by atoms with van der Waals surface area (Å²) in [5.74, 6) is 1.43. The van der Waals surface area contributed by atoms with Crippen molar-refractivity contribution < 1.29 is 24.0 Å². The topological polar surface area (TPSA) is 125 Å². The molecule has 1 heterocycles. The lowest BCUT2D eigenvalue weighted by atomic mass is 10.0. The van der Waals surface area contributed by atoms with Crippen LogP contribution in [0.4, 0.5) is 5.95 Å². The molecular weight excluding hydrogens is 369 g/mol. The molecule has 0 saturated carbocycles. The van der Waals surface area contributed by atoms with Crippen molar-refractivity contribution in [2.45, 2.75) is 46.1 Å². The molecule has 0 fully saturated rings. The van der Waals surface area contributed by atoms with Crippen LogP contribution in [-0.4, -0.2) is 31.8 Å². The highest BCUT2D eigenvalue weighted by Gasteiger charge is 2.14. The van der Waals surface area contributed by atoms with Crippen LogP contribution in [0.25, 0.3) is 0 Å². The zero-order valence-electron chi connectivity index (χ0n) is 16.1. The van der Waals surface area contributed by atoms with Crippen LogP contribution in [0, 0.1) is 13.8 Å². The molecule has 1 aromatic heterocycles. The number of phosphoric acid groups is 1. The Hall–Kier alpha value is -1.99. The lowest BCUT2D eigenvalue weighted by molar-refractivity contribution is 0.275. The molecule has 0 amide bonds. The molecule has 2 aromatic rings. The lowest BCUT2D eigenvalue weighted by Gasteiger charge is -2.20. The van der Waals surface area contributed by atoms with Crippen LogP contribution < -0.4 is 10.1 Å². The Balaban J connectivity index is 0.000000646. The predicted molar refractivity (Wildman–Crippen MR) is 105 cm³/mol. The molecule has 9 heteroatoms. The van der Waals surface area contributed by atoms with Gasteiger partial charge >= 0.3 is 7.82 Å². The average molecular weight is 397 g/mol. The molecule has 150 valence electrons. The van der Waals surface area contributed by atoms with Gasteiger partial charge in [0, 0.05) is 0 Å². The summed E-state index contributed by atoms with van der Waals surface area (Å²) in [5, 5.41) is 3.49. The second-order valence-corrected chi connectivity index (χ2v) is 7.04. The minimum atomic E-state index is -4.64. The van der Waals surface area contributed by atoms with E-state index in [9.17, 15) is 0 Å². The fourth-order valence-corrected chi connectivity index (χ4v) is 2.64. The fourth-order valence-electron chi connectivity index (χ4n) is 2.64. The van der Waals surface area contributed by atoms with Gasteiger partial charge in [-0.1, -0.05) is 50.1 Å². The first-order valence-corrected chi connectivity index (χ1v) is 10.2. The van der Waals surface area contributed by atoms with Crippen molar-refractivity contribution in [2.24, 2.45) is 0 Å². The van der Waals surface area contributed by atoms with Gasteiger partial charge in [-0.15, -0.1) is 0 Å². The molecule has 8 nitrogen and oxygen atoms in total. The number of aryl methyl sites for hydroxylation is 2. The molecular formula is C18H28N3O5P. The van der Waals surface area contributed by atoms with Gasteiger partial charge in [0.25, 0.3) is 0 Å². The number of hydrogen-bond donors (Lipinski definition) is 4. The Morgan fingerprint density at radius 2 is 1.63 bits per heavy atom. The number of anilines is 1. The van der Waals surface area contributed by atoms with Crippen molar-refractivity contribution in [3.05, 3.63) is 47.3 Å². The maximum absolute atomic E-state index is 8.88. The van der Waals surface area contributed by atoms with Crippen molar-refractivity contribution >= 4 is 13.8 Å². The number of hydrogen-bond acceptors (Lipinski definition) is 5. The van der Waals surface area contributed by atoms with E-state index in [0.717, 1.165) is 23.6 Å². The summed E-state index contributed by atoms with van der Waals surface area (Å²) in [7, 11) is -2.99. The van der Waals surface area contributed by atoms with Crippen molar-refractivity contribution in [1.82, 2.24) is 9.97 Å². The molecule has 27 heavy (non-hydrogen) atoms. The van der Waals surface area contributed by atoms with Gasteiger partial charge in [-0.25, -0.2) is 14.5 Å². The lowest BCUT2D eigenvalue weighted by Crippen LogP contribution is -2.14. The highest BCUT2D eigenvalue weighted by atomic mass is 31.2. The molecule has 0 spiro atoms. The van der Waals surface area contributed by atoms with Crippen LogP contribution in [-0.2, 0) is 4.57 Å². The van der Waals surface area contributed by atoms with Crippen LogP contribution >= 0.6 is 7.82 Å². The maximum Gasteiger partial charge on any atom is 0.466 e. The number of methoxy groups -OCH3 is 1. The van der Waals surface area contributed by atoms with Gasteiger partial charge in [-0.3, -0.25) is 0 Å². The summed E-state index contributed by atoms with van der Waals surface area (Å²) in [6.45, 7) is 6.10. The maximum atomic E-state index is 8.88. The number of ether oxygens (including phenoxy) is 1.